The topological polar surface area (TPSA) is 0 Å². The molecule has 1 unspecified atom stereocenters. The Bertz CT molecular complexity index is 156. The number of halogens is 1. The van der Waals surface area contributed by atoms with Crippen molar-refractivity contribution in [2.45, 2.75) is 64.8 Å². The van der Waals surface area contributed by atoms with E-state index in [-0.39, 0.29) is 8.83 Å². The van der Waals surface area contributed by atoms with Gasteiger partial charge in [0, 0.05) is 0 Å². The fraction of sp³-hybridized carbons (Fsp3) is 1.00. The lowest BCUT2D eigenvalue weighted by Crippen LogP contribution is -2.22. The maximum atomic E-state index is 6.21. The molecule has 1 fully saturated rings. The Hall–Kier alpha value is 0.507. The molecule has 2 heteroatoms. The molecule has 84 valence electrons. The highest BCUT2D eigenvalue weighted by molar-refractivity contribution is 6.94. The predicted octanol–water partition coefficient (Wildman–Crippen LogP) is 4.11. The van der Waals surface area contributed by atoms with Crippen molar-refractivity contribution in [2.24, 2.45) is 11.3 Å². The van der Waals surface area contributed by atoms with Crippen LogP contribution < -0.4 is 0 Å². The van der Waals surface area contributed by atoms with Gasteiger partial charge in [0.2, 0.25) is 0 Å². The van der Waals surface area contributed by atoms with Crippen LogP contribution in [-0.4, -0.2) is 8.83 Å². The van der Waals surface area contributed by atoms with Gasteiger partial charge >= 0.3 is 0 Å². The minimum absolute atomic E-state index is 0.349. The molecule has 1 aliphatic carbocycles. The molecule has 0 saturated heterocycles. The molecule has 0 aromatic rings. The van der Waals surface area contributed by atoms with Gasteiger partial charge in [-0.25, -0.2) is 0 Å². The third-order valence-corrected chi connectivity index (χ3v) is 6.80. The summed E-state index contributed by atoms with van der Waals surface area (Å²) in [6.07, 6.45) is 8.75. The van der Waals surface area contributed by atoms with Crippen LogP contribution in [0.2, 0.25) is 5.54 Å². The second-order valence-electron chi connectivity index (χ2n) is 5.96. The molecule has 1 rings (SSSR count). The average molecular weight is 233 g/mol. The number of hydrogen-bond acceptors (Lipinski definition) is 0. The third-order valence-electron chi connectivity index (χ3n) is 3.75. The van der Waals surface area contributed by atoms with Crippen LogP contribution in [0.1, 0.15) is 59.3 Å². The summed E-state index contributed by atoms with van der Waals surface area (Å²) in [5.74, 6) is 0.999. The predicted molar refractivity (Wildman–Crippen MR) is 68.8 cm³/mol. The molecule has 0 N–H and O–H groups in total. The van der Waals surface area contributed by atoms with Gasteiger partial charge in [0.05, 0.1) is 0 Å². The molecule has 0 aliphatic heterocycles. The Kier molecular flexibility index (Phi) is 4.99. The van der Waals surface area contributed by atoms with Crippen molar-refractivity contribution in [1.82, 2.24) is 0 Å². The summed E-state index contributed by atoms with van der Waals surface area (Å²) >= 11 is 6.21. The highest BCUT2D eigenvalue weighted by Gasteiger charge is 2.27. The molecule has 0 heterocycles. The van der Waals surface area contributed by atoms with Crippen molar-refractivity contribution < 1.29 is 0 Å². The molecule has 0 amide bonds. The first-order chi connectivity index (χ1) is 6.54. The second kappa shape index (κ2) is 5.55. The molecule has 0 aromatic heterocycles. The van der Waals surface area contributed by atoms with E-state index in [1.807, 2.05) is 0 Å². The van der Waals surface area contributed by atoms with Gasteiger partial charge in [-0.2, -0.15) is 11.1 Å². The van der Waals surface area contributed by atoms with E-state index in [2.05, 4.69) is 20.8 Å². The van der Waals surface area contributed by atoms with Crippen molar-refractivity contribution in [3.63, 3.8) is 0 Å². The molecule has 14 heavy (non-hydrogen) atoms. The zero-order valence-corrected chi connectivity index (χ0v) is 12.2. The van der Waals surface area contributed by atoms with Crippen molar-refractivity contribution in [3.8, 4) is 0 Å². The molecule has 0 nitrogen and oxygen atoms in total. The first-order valence-electron chi connectivity index (χ1n) is 6.10. The van der Waals surface area contributed by atoms with E-state index in [1.54, 1.807) is 0 Å². The van der Waals surface area contributed by atoms with Gasteiger partial charge < -0.3 is 0 Å². The van der Waals surface area contributed by atoms with E-state index in [4.69, 9.17) is 11.1 Å². The minimum atomic E-state index is -0.349. The monoisotopic (exact) mass is 232 g/mol. The largest absolute Gasteiger partial charge is 0.176 e. The molecule has 0 bridgehead atoms. The Morgan fingerprint density at radius 1 is 1.21 bits per heavy atom. The molecule has 0 spiro atoms. The summed E-state index contributed by atoms with van der Waals surface area (Å²) in [5.41, 5.74) is 1.29. The van der Waals surface area contributed by atoms with Crippen LogP contribution in [-0.2, 0) is 0 Å². The van der Waals surface area contributed by atoms with Crippen LogP contribution in [0.3, 0.4) is 0 Å². The van der Waals surface area contributed by atoms with Crippen LogP contribution in [0.4, 0.5) is 0 Å². The first-order valence-corrected chi connectivity index (χ1v) is 9.05. The molecule has 0 radical (unpaired) electrons. The Balaban J connectivity index is 2.39. The Morgan fingerprint density at radius 3 is 2.21 bits per heavy atom. The number of rotatable bonds is 3. The van der Waals surface area contributed by atoms with Crippen LogP contribution >= 0.6 is 11.1 Å². The fourth-order valence-electron chi connectivity index (χ4n) is 2.47. The van der Waals surface area contributed by atoms with E-state index < -0.39 is 0 Å². The maximum Gasteiger partial charge on any atom is 0.128 e. The van der Waals surface area contributed by atoms with Crippen LogP contribution in [0.25, 0.3) is 0 Å². The summed E-state index contributed by atoms with van der Waals surface area (Å²) in [5, 5.41) is 0. The SMILES string of the molecule is CC(C)(C)C(CC1CCCCC1)[SiH2]Cl. The van der Waals surface area contributed by atoms with Crippen molar-refractivity contribution >= 4 is 19.9 Å². The fourth-order valence-corrected chi connectivity index (χ4v) is 5.30. The van der Waals surface area contributed by atoms with E-state index in [1.165, 1.54) is 38.5 Å². The lowest BCUT2D eigenvalue weighted by atomic mass is 9.80. The van der Waals surface area contributed by atoms with E-state index in [0.717, 1.165) is 11.5 Å². The summed E-state index contributed by atoms with van der Waals surface area (Å²) < 4.78 is 0. The summed E-state index contributed by atoms with van der Waals surface area (Å²) in [7, 11) is -0.349. The van der Waals surface area contributed by atoms with E-state index in [0.29, 0.717) is 5.41 Å². The van der Waals surface area contributed by atoms with Gasteiger partial charge in [-0.1, -0.05) is 52.9 Å². The Labute approximate surface area is 96.3 Å². The lowest BCUT2D eigenvalue weighted by molar-refractivity contribution is 0.274. The van der Waals surface area contributed by atoms with Crippen LogP contribution in [0, 0.1) is 11.3 Å². The van der Waals surface area contributed by atoms with Crippen LogP contribution in [0.5, 0.6) is 0 Å². The van der Waals surface area contributed by atoms with Gasteiger partial charge in [0.15, 0.2) is 0 Å². The molecule has 1 aliphatic rings. The number of hydrogen-bond donors (Lipinski definition) is 0. The zero-order chi connectivity index (χ0) is 10.6. The van der Waals surface area contributed by atoms with Crippen molar-refractivity contribution in [1.29, 1.82) is 0 Å². The second-order valence-corrected chi connectivity index (χ2v) is 8.18. The molecule has 1 saturated carbocycles. The smallest absolute Gasteiger partial charge is 0.128 e. The third kappa shape index (κ3) is 3.94. The zero-order valence-electron chi connectivity index (χ0n) is 9.98. The normalized spacial score (nSPS) is 23.1. The highest BCUT2D eigenvalue weighted by Crippen LogP contribution is 2.40. The van der Waals surface area contributed by atoms with Crippen molar-refractivity contribution in [2.75, 3.05) is 0 Å². The molecule has 0 aromatic carbocycles. The molecular weight excluding hydrogens is 208 g/mol. The average Bonchev–Trinajstić information content (AvgIpc) is 2.14. The molecule has 1 atom stereocenters. The van der Waals surface area contributed by atoms with Crippen molar-refractivity contribution in [3.05, 3.63) is 0 Å². The van der Waals surface area contributed by atoms with Gasteiger partial charge in [-0.3, -0.25) is 0 Å². The summed E-state index contributed by atoms with van der Waals surface area (Å²) in [6.45, 7) is 7.07. The van der Waals surface area contributed by atoms with Gasteiger partial charge in [-0.15, -0.1) is 0 Å². The Morgan fingerprint density at radius 2 is 1.79 bits per heavy atom. The standard InChI is InChI=1S/C12H25ClSi/c1-12(2,3)11(14-13)9-10-7-5-4-6-8-10/h10-11H,4-9,14H2,1-3H3. The van der Waals surface area contributed by atoms with Gasteiger partial charge in [-0.05, 0) is 23.3 Å². The lowest BCUT2D eigenvalue weighted by Gasteiger charge is -2.33. The molecular formula is C12H25ClSi. The summed E-state index contributed by atoms with van der Waals surface area (Å²) in [4.78, 5) is 0. The highest BCUT2D eigenvalue weighted by atomic mass is 35.6. The summed E-state index contributed by atoms with van der Waals surface area (Å²) in [6, 6.07) is 0. The van der Waals surface area contributed by atoms with E-state index in [9.17, 15) is 0 Å². The van der Waals surface area contributed by atoms with Gasteiger partial charge in [0.25, 0.3) is 0 Å². The van der Waals surface area contributed by atoms with E-state index >= 15 is 0 Å². The first kappa shape index (κ1) is 12.6. The maximum absolute atomic E-state index is 6.21. The quantitative estimate of drug-likeness (QED) is 0.508. The minimum Gasteiger partial charge on any atom is -0.176 e. The van der Waals surface area contributed by atoms with Crippen LogP contribution in [0.15, 0.2) is 0 Å². The van der Waals surface area contributed by atoms with Gasteiger partial charge in [0.1, 0.15) is 8.83 Å².